The third kappa shape index (κ3) is 1.47. The van der Waals surface area contributed by atoms with Gasteiger partial charge in [0, 0.05) is 19.0 Å². The van der Waals surface area contributed by atoms with Crippen molar-refractivity contribution in [1.82, 2.24) is 20.1 Å². The molecule has 0 amide bonds. The second kappa shape index (κ2) is 3.84. The quantitative estimate of drug-likeness (QED) is 0.827. The summed E-state index contributed by atoms with van der Waals surface area (Å²) in [5.74, 6) is 3.67. The van der Waals surface area contributed by atoms with Crippen molar-refractivity contribution in [1.29, 1.82) is 0 Å². The molecule has 0 saturated heterocycles. The van der Waals surface area contributed by atoms with E-state index in [0.717, 1.165) is 18.9 Å². The normalized spacial score (nSPS) is 25.6. The molecule has 0 spiro atoms. The number of fused-ring (bicyclic) bond motifs is 1. The van der Waals surface area contributed by atoms with Crippen LogP contribution in [-0.2, 0) is 6.54 Å². The molecule has 1 saturated carbocycles. The number of aromatic nitrogens is 3. The van der Waals surface area contributed by atoms with Gasteiger partial charge < -0.3 is 9.88 Å². The molecular formula is C12H20N4. The highest BCUT2D eigenvalue weighted by Crippen LogP contribution is 2.37. The summed E-state index contributed by atoms with van der Waals surface area (Å²) >= 11 is 0. The van der Waals surface area contributed by atoms with Crippen LogP contribution in [0.2, 0.25) is 0 Å². The van der Waals surface area contributed by atoms with Crippen molar-refractivity contribution in [3.63, 3.8) is 0 Å². The number of nitrogens with zero attached hydrogens (tertiary/aromatic N) is 3. The second-order valence-electron chi connectivity index (χ2n) is 5.37. The molecule has 1 aromatic heterocycles. The van der Waals surface area contributed by atoms with Gasteiger partial charge in [-0.15, -0.1) is 10.2 Å². The van der Waals surface area contributed by atoms with Crippen LogP contribution in [0.1, 0.15) is 56.7 Å². The molecule has 2 heterocycles. The van der Waals surface area contributed by atoms with Gasteiger partial charge in [0.2, 0.25) is 0 Å². The fraction of sp³-hybridized carbons (Fsp3) is 0.833. The van der Waals surface area contributed by atoms with Crippen LogP contribution in [0.15, 0.2) is 0 Å². The van der Waals surface area contributed by atoms with E-state index in [0.29, 0.717) is 17.9 Å². The topological polar surface area (TPSA) is 42.7 Å². The summed E-state index contributed by atoms with van der Waals surface area (Å²) in [6.07, 6.45) is 3.97. The van der Waals surface area contributed by atoms with E-state index in [4.69, 9.17) is 0 Å². The molecule has 4 nitrogen and oxygen atoms in total. The molecule has 0 bridgehead atoms. The van der Waals surface area contributed by atoms with Crippen LogP contribution in [0, 0.1) is 5.92 Å². The molecule has 1 N–H and O–H groups in total. The van der Waals surface area contributed by atoms with Crippen LogP contribution in [0.3, 0.4) is 0 Å². The van der Waals surface area contributed by atoms with Gasteiger partial charge in [-0.05, 0) is 18.8 Å². The molecule has 0 radical (unpaired) electrons. The maximum Gasteiger partial charge on any atom is 0.150 e. The Bertz CT molecular complexity index is 378. The van der Waals surface area contributed by atoms with E-state index in [1.165, 1.54) is 25.1 Å². The van der Waals surface area contributed by atoms with Crippen LogP contribution in [0.4, 0.5) is 0 Å². The highest BCUT2D eigenvalue weighted by atomic mass is 15.3. The lowest BCUT2D eigenvalue weighted by Gasteiger charge is -2.30. The zero-order valence-corrected chi connectivity index (χ0v) is 10.1. The van der Waals surface area contributed by atoms with Crippen molar-refractivity contribution in [2.45, 2.75) is 51.6 Å². The van der Waals surface area contributed by atoms with Gasteiger partial charge >= 0.3 is 0 Å². The highest BCUT2D eigenvalue weighted by Gasteiger charge is 2.31. The summed E-state index contributed by atoms with van der Waals surface area (Å²) in [6, 6.07) is 0.384. The molecule has 1 aliphatic carbocycles. The lowest BCUT2D eigenvalue weighted by Crippen LogP contribution is -2.37. The first-order valence-corrected chi connectivity index (χ1v) is 6.43. The Hall–Kier alpha value is -0.900. The Kier molecular flexibility index (Phi) is 2.46. The lowest BCUT2D eigenvalue weighted by molar-refractivity contribution is 0.321. The third-order valence-electron chi connectivity index (χ3n) is 3.92. The molecule has 4 heteroatoms. The average Bonchev–Trinajstić information content (AvgIpc) is 2.59. The first-order chi connectivity index (χ1) is 7.77. The van der Waals surface area contributed by atoms with Gasteiger partial charge in [-0.2, -0.15) is 0 Å². The SMILES string of the molecule is CC(C)C1NCCn2c(C3CCC3)nnc21. The number of hydrogen-bond donors (Lipinski definition) is 1. The first-order valence-electron chi connectivity index (χ1n) is 6.43. The summed E-state index contributed by atoms with van der Waals surface area (Å²) in [7, 11) is 0. The molecule has 1 fully saturated rings. The minimum atomic E-state index is 0.384. The van der Waals surface area contributed by atoms with Gasteiger partial charge in [0.15, 0.2) is 5.82 Å². The summed E-state index contributed by atoms with van der Waals surface area (Å²) in [5.41, 5.74) is 0. The van der Waals surface area contributed by atoms with E-state index in [2.05, 4.69) is 33.9 Å². The largest absolute Gasteiger partial charge is 0.312 e. The Labute approximate surface area is 96.4 Å². The summed E-state index contributed by atoms with van der Waals surface area (Å²) in [4.78, 5) is 0. The predicted molar refractivity (Wildman–Crippen MR) is 62.2 cm³/mol. The Morgan fingerprint density at radius 2 is 2.00 bits per heavy atom. The van der Waals surface area contributed by atoms with E-state index in [-0.39, 0.29) is 0 Å². The number of nitrogens with one attached hydrogen (secondary N) is 1. The van der Waals surface area contributed by atoms with Gasteiger partial charge in [-0.25, -0.2) is 0 Å². The Morgan fingerprint density at radius 1 is 1.25 bits per heavy atom. The standard InChI is InChI=1S/C12H20N4/c1-8(2)10-12-15-14-11(9-4-3-5-9)16(12)7-6-13-10/h8-10,13H,3-7H2,1-2H3. The average molecular weight is 220 g/mol. The molecule has 88 valence electrons. The fourth-order valence-electron chi connectivity index (χ4n) is 2.71. The molecule has 3 rings (SSSR count). The van der Waals surface area contributed by atoms with Crippen molar-refractivity contribution in [2.75, 3.05) is 6.54 Å². The van der Waals surface area contributed by atoms with E-state index in [1.807, 2.05) is 0 Å². The van der Waals surface area contributed by atoms with E-state index >= 15 is 0 Å². The molecule has 1 atom stereocenters. The Balaban J connectivity index is 1.94. The van der Waals surface area contributed by atoms with Crippen LogP contribution in [-0.4, -0.2) is 21.3 Å². The molecular weight excluding hydrogens is 200 g/mol. The fourth-order valence-corrected chi connectivity index (χ4v) is 2.71. The number of hydrogen-bond acceptors (Lipinski definition) is 3. The summed E-state index contributed by atoms with van der Waals surface area (Å²) in [6.45, 7) is 6.57. The van der Waals surface area contributed by atoms with Crippen molar-refractivity contribution < 1.29 is 0 Å². The zero-order valence-electron chi connectivity index (χ0n) is 10.1. The zero-order chi connectivity index (χ0) is 11.1. The van der Waals surface area contributed by atoms with Crippen molar-refractivity contribution in [2.24, 2.45) is 5.92 Å². The minimum Gasteiger partial charge on any atom is -0.312 e. The smallest absolute Gasteiger partial charge is 0.150 e. The van der Waals surface area contributed by atoms with E-state index < -0.39 is 0 Å². The van der Waals surface area contributed by atoms with Gasteiger partial charge in [0.05, 0.1) is 6.04 Å². The monoisotopic (exact) mass is 220 g/mol. The predicted octanol–water partition coefficient (Wildman–Crippen LogP) is 1.85. The van der Waals surface area contributed by atoms with Crippen LogP contribution < -0.4 is 5.32 Å². The number of rotatable bonds is 2. The Morgan fingerprint density at radius 3 is 2.62 bits per heavy atom. The van der Waals surface area contributed by atoms with E-state index in [9.17, 15) is 0 Å². The molecule has 1 aromatic rings. The van der Waals surface area contributed by atoms with Gasteiger partial charge in [0.1, 0.15) is 5.82 Å². The molecule has 1 unspecified atom stereocenters. The second-order valence-corrected chi connectivity index (χ2v) is 5.37. The van der Waals surface area contributed by atoms with Gasteiger partial charge in [-0.3, -0.25) is 0 Å². The van der Waals surface area contributed by atoms with Crippen molar-refractivity contribution >= 4 is 0 Å². The van der Waals surface area contributed by atoms with Crippen LogP contribution in [0.5, 0.6) is 0 Å². The molecule has 0 aromatic carbocycles. The van der Waals surface area contributed by atoms with Crippen LogP contribution in [0.25, 0.3) is 0 Å². The molecule has 2 aliphatic rings. The maximum absolute atomic E-state index is 4.43. The van der Waals surface area contributed by atoms with Crippen molar-refractivity contribution in [3.8, 4) is 0 Å². The van der Waals surface area contributed by atoms with E-state index in [1.54, 1.807) is 0 Å². The van der Waals surface area contributed by atoms with Gasteiger partial charge in [-0.1, -0.05) is 20.3 Å². The van der Waals surface area contributed by atoms with Crippen molar-refractivity contribution in [3.05, 3.63) is 11.6 Å². The first kappa shape index (κ1) is 10.3. The highest BCUT2D eigenvalue weighted by molar-refractivity contribution is 5.10. The van der Waals surface area contributed by atoms with Gasteiger partial charge in [0.25, 0.3) is 0 Å². The molecule has 16 heavy (non-hydrogen) atoms. The minimum absolute atomic E-state index is 0.384. The van der Waals surface area contributed by atoms with Crippen LogP contribution >= 0.6 is 0 Å². The maximum atomic E-state index is 4.43. The lowest BCUT2D eigenvalue weighted by atomic mass is 9.84. The summed E-state index contributed by atoms with van der Waals surface area (Å²) < 4.78 is 2.37. The summed E-state index contributed by atoms with van der Waals surface area (Å²) in [5, 5.41) is 12.4. The third-order valence-corrected chi connectivity index (χ3v) is 3.92. The molecule has 1 aliphatic heterocycles.